The van der Waals surface area contributed by atoms with Gasteiger partial charge in [-0.1, -0.05) is 101 Å². The van der Waals surface area contributed by atoms with Crippen LogP contribution in [0.5, 0.6) is 0 Å². The first-order valence-corrected chi connectivity index (χ1v) is 10.5. The molecule has 0 radical (unpaired) electrons. The summed E-state index contributed by atoms with van der Waals surface area (Å²) in [7, 11) is 0. The van der Waals surface area contributed by atoms with Crippen LogP contribution in [0.1, 0.15) is 82.8 Å². The molecule has 0 heteroatoms. The molecule has 2 aromatic rings. The zero-order valence-electron chi connectivity index (χ0n) is 16.2. The summed E-state index contributed by atoms with van der Waals surface area (Å²) in [5.74, 6) is 0. The molecule has 134 valence electrons. The van der Waals surface area contributed by atoms with Gasteiger partial charge >= 0.3 is 0 Å². The second kappa shape index (κ2) is 8.70. The second-order valence-corrected chi connectivity index (χ2v) is 7.93. The van der Waals surface area contributed by atoms with Crippen LogP contribution in [0.2, 0.25) is 0 Å². The van der Waals surface area contributed by atoms with E-state index in [1.54, 1.807) is 5.56 Å². The van der Waals surface area contributed by atoms with Gasteiger partial charge in [0.15, 0.2) is 0 Å². The lowest BCUT2D eigenvalue weighted by molar-refractivity contribution is 0.266. The highest BCUT2D eigenvalue weighted by Crippen LogP contribution is 2.43. The van der Waals surface area contributed by atoms with Crippen molar-refractivity contribution in [2.45, 2.75) is 83.5 Å². The quantitative estimate of drug-likeness (QED) is 0.455. The smallest absolute Gasteiger partial charge is 0.00470 e. The SMILES string of the molecule is CCCCCC1(c2ccc(-c3ccc(CC)cc3)cc2)CCCCC1. The molecular weight excluding hydrogens is 300 g/mol. The Balaban J connectivity index is 1.80. The van der Waals surface area contributed by atoms with Gasteiger partial charge in [0.05, 0.1) is 0 Å². The van der Waals surface area contributed by atoms with E-state index < -0.39 is 0 Å². The Morgan fingerprint density at radius 1 is 0.720 bits per heavy atom. The minimum absolute atomic E-state index is 0.456. The molecule has 1 aliphatic carbocycles. The average molecular weight is 335 g/mol. The van der Waals surface area contributed by atoms with Gasteiger partial charge in [0.2, 0.25) is 0 Å². The van der Waals surface area contributed by atoms with Gasteiger partial charge in [-0.15, -0.1) is 0 Å². The third-order valence-corrected chi connectivity index (χ3v) is 6.26. The molecule has 0 saturated heterocycles. The predicted molar refractivity (Wildman–Crippen MR) is 110 cm³/mol. The van der Waals surface area contributed by atoms with Crippen LogP contribution in [-0.4, -0.2) is 0 Å². The fraction of sp³-hybridized carbons (Fsp3) is 0.520. The normalized spacial score (nSPS) is 16.7. The van der Waals surface area contributed by atoms with Gasteiger partial charge in [0, 0.05) is 0 Å². The molecule has 0 bridgehead atoms. The molecule has 25 heavy (non-hydrogen) atoms. The van der Waals surface area contributed by atoms with Gasteiger partial charge in [0.25, 0.3) is 0 Å². The van der Waals surface area contributed by atoms with Gasteiger partial charge in [-0.25, -0.2) is 0 Å². The first kappa shape index (κ1) is 18.2. The molecule has 0 heterocycles. The molecule has 3 rings (SSSR count). The van der Waals surface area contributed by atoms with Crippen LogP contribution >= 0.6 is 0 Å². The Bertz CT molecular complexity index is 627. The molecule has 0 N–H and O–H groups in total. The van der Waals surface area contributed by atoms with Crippen molar-refractivity contribution in [1.82, 2.24) is 0 Å². The molecule has 1 aliphatic rings. The summed E-state index contributed by atoms with van der Waals surface area (Å²) in [6, 6.07) is 18.6. The standard InChI is InChI=1S/C25H34/c1-3-5-7-18-25(19-8-6-9-20-25)24-16-14-23(15-17-24)22-12-10-21(4-2)11-13-22/h10-17H,3-9,18-20H2,1-2H3. The number of hydrogen-bond donors (Lipinski definition) is 0. The molecule has 1 saturated carbocycles. The number of aryl methyl sites for hydroxylation is 1. The first-order valence-electron chi connectivity index (χ1n) is 10.5. The van der Waals surface area contributed by atoms with Crippen LogP contribution in [0, 0.1) is 0 Å². The fourth-order valence-corrected chi connectivity index (χ4v) is 4.57. The maximum atomic E-state index is 2.43. The summed E-state index contributed by atoms with van der Waals surface area (Å²) in [6.45, 7) is 4.53. The number of unbranched alkanes of at least 4 members (excludes halogenated alkanes) is 2. The molecule has 2 aromatic carbocycles. The molecular formula is C25H34. The van der Waals surface area contributed by atoms with Crippen molar-refractivity contribution in [3.05, 3.63) is 59.7 Å². The van der Waals surface area contributed by atoms with Crippen LogP contribution in [0.3, 0.4) is 0 Å². The Labute approximate surface area is 154 Å². The van der Waals surface area contributed by atoms with Crippen molar-refractivity contribution >= 4 is 0 Å². The Morgan fingerprint density at radius 3 is 1.88 bits per heavy atom. The van der Waals surface area contributed by atoms with Crippen LogP contribution in [0.4, 0.5) is 0 Å². The molecule has 0 nitrogen and oxygen atoms in total. The molecule has 0 atom stereocenters. The molecule has 0 unspecified atom stereocenters. The van der Waals surface area contributed by atoms with Crippen molar-refractivity contribution in [3.63, 3.8) is 0 Å². The lowest BCUT2D eigenvalue weighted by Crippen LogP contribution is -2.29. The summed E-state index contributed by atoms with van der Waals surface area (Å²) >= 11 is 0. The molecule has 0 aromatic heterocycles. The summed E-state index contributed by atoms with van der Waals surface area (Å²) in [5, 5.41) is 0. The third kappa shape index (κ3) is 4.35. The van der Waals surface area contributed by atoms with Gasteiger partial charge < -0.3 is 0 Å². The van der Waals surface area contributed by atoms with Crippen molar-refractivity contribution in [2.24, 2.45) is 0 Å². The number of hydrogen-bond acceptors (Lipinski definition) is 0. The predicted octanol–water partition coefficient (Wildman–Crippen LogP) is 7.70. The molecule has 0 aliphatic heterocycles. The van der Waals surface area contributed by atoms with Crippen LogP contribution in [0.25, 0.3) is 11.1 Å². The van der Waals surface area contributed by atoms with Crippen molar-refractivity contribution < 1.29 is 0 Å². The van der Waals surface area contributed by atoms with Gasteiger partial charge in [-0.2, -0.15) is 0 Å². The van der Waals surface area contributed by atoms with E-state index in [9.17, 15) is 0 Å². The van der Waals surface area contributed by atoms with Gasteiger partial charge in [-0.05, 0) is 53.4 Å². The van der Waals surface area contributed by atoms with E-state index in [0.29, 0.717) is 5.41 Å². The second-order valence-electron chi connectivity index (χ2n) is 7.93. The van der Waals surface area contributed by atoms with E-state index in [0.717, 1.165) is 6.42 Å². The topological polar surface area (TPSA) is 0 Å². The minimum atomic E-state index is 0.456. The monoisotopic (exact) mass is 334 g/mol. The lowest BCUT2D eigenvalue weighted by Gasteiger charge is -2.38. The zero-order chi connectivity index (χ0) is 17.5. The van der Waals surface area contributed by atoms with E-state index in [1.807, 2.05) is 0 Å². The Morgan fingerprint density at radius 2 is 1.32 bits per heavy atom. The highest BCUT2D eigenvalue weighted by Gasteiger charge is 2.33. The molecule has 1 fully saturated rings. The van der Waals surface area contributed by atoms with Crippen LogP contribution in [-0.2, 0) is 11.8 Å². The summed E-state index contributed by atoms with van der Waals surface area (Å²) in [6.07, 6.45) is 13.6. The van der Waals surface area contributed by atoms with Crippen LogP contribution < -0.4 is 0 Å². The first-order chi connectivity index (χ1) is 12.3. The third-order valence-electron chi connectivity index (χ3n) is 6.26. The van der Waals surface area contributed by atoms with E-state index in [2.05, 4.69) is 62.4 Å². The number of benzene rings is 2. The maximum absolute atomic E-state index is 2.43. The Hall–Kier alpha value is -1.56. The number of rotatable bonds is 7. The lowest BCUT2D eigenvalue weighted by atomic mass is 9.66. The summed E-state index contributed by atoms with van der Waals surface area (Å²) < 4.78 is 0. The van der Waals surface area contributed by atoms with Crippen molar-refractivity contribution in [3.8, 4) is 11.1 Å². The van der Waals surface area contributed by atoms with E-state index in [1.165, 1.54) is 74.5 Å². The van der Waals surface area contributed by atoms with E-state index in [4.69, 9.17) is 0 Å². The summed E-state index contributed by atoms with van der Waals surface area (Å²) in [5.41, 5.74) is 6.16. The maximum Gasteiger partial charge on any atom is -0.00470 e. The average Bonchev–Trinajstić information content (AvgIpc) is 2.69. The van der Waals surface area contributed by atoms with E-state index >= 15 is 0 Å². The fourth-order valence-electron chi connectivity index (χ4n) is 4.57. The Kier molecular flexibility index (Phi) is 6.34. The largest absolute Gasteiger partial charge is 0.0654 e. The van der Waals surface area contributed by atoms with E-state index in [-0.39, 0.29) is 0 Å². The van der Waals surface area contributed by atoms with Crippen molar-refractivity contribution in [2.75, 3.05) is 0 Å². The molecule has 0 amide bonds. The van der Waals surface area contributed by atoms with Crippen LogP contribution in [0.15, 0.2) is 48.5 Å². The highest BCUT2D eigenvalue weighted by atomic mass is 14.4. The summed E-state index contributed by atoms with van der Waals surface area (Å²) in [4.78, 5) is 0. The van der Waals surface area contributed by atoms with Gasteiger partial charge in [-0.3, -0.25) is 0 Å². The molecule has 0 spiro atoms. The minimum Gasteiger partial charge on any atom is -0.0654 e. The zero-order valence-corrected chi connectivity index (χ0v) is 16.2. The van der Waals surface area contributed by atoms with Crippen molar-refractivity contribution in [1.29, 1.82) is 0 Å². The van der Waals surface area contributed by atoms with Gasteiger partial charge in [0.1, 0.15) is 0 Å². The highest BCUT2D eigenvalue weighted by molar-refractivity contribution is 5.64.